The van der Waals surface area contributed by atoms with Crippen LogP contribution in [0, 0.1) is 11.8 Å². The van der Waals surface area contributed by atoms with E-state index in [1.165, 1.54) is 23.9 Å². The Hall–Kier alpha value is -6.68. The molecule has 3 aliphatic heterocycles. The molecule has 2 saturated carbocycles. The van der Waals surface area contributed by atoms with Gasteiger partial charge in [0.15, 0.2) is 0 Å². The molecule has 0 aromatic heterocycles. The van der Waals surface area contributed by atoms with Crippen LogP contribution in [0.4, 0.5) is 9.59 Å². The fourth-order valence-electron chi connectivity index (χ4n) is 15.1. The molecule has 2 aromatic rings. The van der Waals surface area contributed by atoms with Crippen LogP contribution in [0.5, 0.6) is 11.5 Å². The first kappa shape index (κ1) is 71.6. The van der Waals surface area contributed by atoms with Crippen molar-refractivity contribution < 1.29 is 57.3 Å². The third kappa shape index (κ3) is 18.5. The van der Waals surface area contributed by atoms with E-state index in [1.807, 2.05) is 24.3 Å². The SMILES string of the molecule is C[C@@H](C(=O)N[C@H](C(=O)N1CCC[C@H]1C(=O)N[C@@H]1CCCc2c(OCCN3CCN(CCOc4cccc5c4CCC[C@H]5NC(=O)[C@@H]4CCCN4C(=O)[C@@H](NC(=O)[C@H](C)N(C)C(=O)OC(C)(C)C)C4CCCCC4)CC3)cccc21)C1CCCCC1)N(C)C(=O)OC(C)(C)C. The van der Waals surface area contributed by atoms with Crippen molar-refractivity contribution in [3.05, 3.63) is 58.7 Å². The van der Waals surface area contributed by atoms with Crippen molar-refractivity contribution >= 4 is 47.6 Å². The summed E-state index contributed by atoms with van der Waals surface area (Å²) in [5.74, 6) is -0.175. The molecule has 8 atom stereocenters. The number of nitrogens with zero attached hydrogens (tertiary/aromatic N) is 6. The lowest BCUT2D eigenvalue weighted by Gasteiger charge is -2.36. The molecule has 7 aliphatic rings. The molecule has 3 saturated heterocycles. The van der Waals surface area contributed by atoms with E-state index in [9.17, 15) is 38.4 Å². The van der Waals surface area contributed by atoms with Crippen molar-refractivity contribution in [2.45, 2.75) is 243 Å². The predicted molar refractivity (Wildman–Crippen MR) is 358 cm³/mol. The number of benzene rings is 2. The Labute approximate surface area is 558 Å². The van der Waals surface area contributed by atoms with Gasteiger partial charge in [0.05, 0.1) is 12.1 Å². The number of likely N-dealkylation sites (tertiary alicyclic amines) is 2. The number of amides is 8. The molecule has 0 radical (unpaired) electrons. The van der Waals surface area contributed by atoms with Gasteiger partial charge in [-0.25, -0.2) is 9.59 Å². The maximum atomic E-state index is 14.6. The van der Waals surface area contributed by atoms with E-state index >= 15 is 0 Å². The second-order valence-corrected chi connectivity index (χ2v) is 29.6. The maximum Gasteiger partial charge on any atom is 0.410 e. The number of ether oxygens (including phenoxy) is 4. The van der Waals surface area contributed by atoms with Crippen molar-refractivity contribution in [3.63, 3.8) is 0 Å². The topological polar surface area (TPSA) is 241 Å². The molecule has 0 spiro atoms. The first-order chi connectivity index (χ1) is 44.8. The molecule has 8 amide bonds. The zero-order chi connectivity index (χ0) is 67.4. The maximum absolute atomic E-state index is 14.6. The van der Waals surface area contributed by atoms with Crippen LogP contribution >= 0.6 is 0 Å². The van der Waals surface area contributed by atoms with Gasteiger partial charge in [-0.1, -0.05) is 62.8 Å². The summed E-state index contributed by atoms with van der Waals surface area (Å²) >= 11 is 0. The normalized spacial score (nSPS) is 22.9. The molecule has 5 fully saturated rings. The Bertz CT molecular complexity index is 2770. The van der Waals surface area contributed by atoms with E-state index in [-0.39, 0.29) is 47.5 Å². The average Bonchev–Trinajstić information content (AvgIpc) is 1.27. The second kappa shape index (κ2) is 32.4. The van der Waals surface area contributed by atoms with Crippen LogP contribution in [-0.2, 0) is 51.1 Å². The van der Waals surface area contributed by atoms with Crippen LogP contribution < -0.4 is 30.7 Å². The lowest BCUT2D eigenvalue weighted by atomic mass is 9.83. The van der Waals surface area contributed by atoms with E-state index in [0.29, 0.717) is 52.0 Å². The molecule has 4 aliphatic carbocycles. The molecule has 9 rings (SSSR count). The number of carbonyl (C=O) groups excluding carboxylic acids is 8. The summed E-state index contributed by atoms with van der Waals surface area (Å²) in [5, 5.41) is 12.8. The number of hydrogen-bond donors (Lipinski definition) is 4. The highest BCUT2D eigenvalue weighted by Gasteiger charge is 2.45. The van der Waals surface area contributed by atoms with Gasteiger partial charge < -0.3 is 50.0 Å². The minimum atomic E-state index is -0.882. The number of carbonyl (C=O) groups is 8. The first-order valence-corrected chi connectivity index (χ1v) is 35.5. The molecule has 3 heterocycles. The third-order valence-corrected chi connectivity index (χ3v) is 20.7. The zero-order valence-corrected chi connectivity index (χ0v) is 58.0. The fourth-order valence-corrected chi connectivity index (χ4v) is 15.1. The monoisotopic (exact) mass is 1310 g/mol. The molecule has 0 bridgehead atoms. The van der Waals surface area contributed by atoms with Gasteiger partial charge in [0.25, 0.3) is 0 Å². The first-order valence-electron chi connectivity index (χ1n) is 35.5. The smallest absolute Gasteiger partial charge is 0.410 e. The van der Waals surface area contributed by atoms with Gasteiger partial charge in [0.1, 0.15) is 72.2 Å². The van der Waals surface area contributed by atoms with Gasteiger partial charge in [-0.3, -0.25) is 48.4 Å². The molecule has 94 heavy (non-hydrogen) atoms. The average molecular weight is 1310 g/mol. The van der Waals surface area contributed by atoms with Gasteiger partial charge in [0, 0.05) is 66.5 Å². The summed E-state index contributed by atoms with van der Waals surface area (Å²) in [4.78, 5) is 122. The quantitative estimate of drug-likeness (QED) is 0.0866. The van der Waals surface area contributed by atoms with Crippen molar-refractivity contribution in [3.8, 4) is 11.5 Å². The lowest BCUT2D eigenvalue weighted by molar-refractivity contribution is -0.143. The number of piperazine rings is 1. The zero-order valence-electron chi connectivity index (χ0n) is 58.0. The minimum absolute atomic E-state index is 0.0723. The highest BCUT2D eigenvalue weighted by atomic mass is 16.6. The summed E-state index contributed by atoms with van der Waals surface area (Å²) in [5.41, 5.74) is 2.85. The van der Waals surface area contributed by atoms with Crippen molar-refractivity contribution in [2.24, 2.45) is 11.8 Å². The van der Waals surface area contributed by atoms with E-state index in [4.69, 9.17) is 18.9 Å². The van der Waals surface area contributed by atoms with E-state index in [1.54, 1.807) is 65.2 Å². The van der Waals surface area contributed by atoms with Crippen molar-refractivity contribution in [1.29, 1.82) is 0 Å². The second-order valence-electron chi connectivity index (χ2n) is 29.6. The summed E-state index contributed by atoms with van der Waals surface area (Å²) in [6.07, 6.45) is 15.4. The molecule has 2 aromatic carbocycles. The highest BCUT2D eigenvalue weighted by Crippen LogP contribution is 2.39. The summed E-state index contributed by atoms with van der Waals surface area (Å²) in [7, 11) is 3.05. The lowest BCUT2D eigenvalue weighted by Crippen LogP contribution is -2.59. The molecule has 22 nitrogen and oxygen atoms in total. The minimum Gasteiger partial charge on any atom is -0.492 e. The van der Waals surface area contributed by atoms with E-state index in [0.717, 1.165) is 176 Å². The largest absolute Gasteiger partial charge is 0.492 e. The Morgan fingerprint density at radius 2 is 0.862 bits per heavy atom. The van der Waals surface area contributed by atoms with Crippen LogP contribution in [0.15, 0.2) is 36.4 Å². The summed E-state index contributed by atoms with van der Waals surface area (Å²) in [6, 6.07) is 7.05. The van der Waals surface area contributed by atoms with E-state index < -0.39 is 71.5 Å². The number of nitrogens with one attached hydrogen (secondary N) is 4. The number of rotatable bonds is 22. The number of likely N-dealkylation sites (N-methyl/N-ethyl adjacent to an activating group) is 2. The fraction of sp³-hybridized carbons (Fsp3) is 0.722. The van der Waals surface area contributed by atoms with Crippen LogP contribution in [0.1, 0.15) is 205 Å². The molecule has 0 unspecified atom stereocenters. The Morgan fingerprint density at radius 3 is 1.22 bits per heavy atom. The van der Waals surface area contributed by atoms with Crippen molar-refractivity contribution in [1.82, 2.24) is 50.7 Å². The van der Waals surface area contributed by atoms with Gasteiger partial charge in [-0.15, -0.1) is 0 Å². The Morgan fingerprint density at radius 1 is 0.489 bits per heavy atom. The predicted octanol–water partition coefficient (Wildman–Crippen LogP) is 8.37. The Balaban J connectivity index is 0.723. The van der Waals surface area contributed by atoms with Crippen molar-refractivity contribution in [2.75, 3.05) is 79.7 Å². The van der Waals surface area contributed by atoms with Crippen LogP contribution in [0.2, 0.25) is 0 Å². The molecular formula is C72H110N10O12. The molecule has 4 N–H and O–H groups in total. The number of hydrogen-bond acceptors (Lipinski definition) is 14. The van der Waals surface area contributed by atoms with Gasteiger partial charge in [-0.05, 0) is 192 Å². The Kier molecular flexibility index (Phi) is 24.7. The van der Waals surface area contributed by atoms with Gasteiger partial charge in [-0.2, -0.15) is 0 Å². The van der Waals surface area contributed by atoms with Gasteiger partial charge in [0.2, 0.25) is 35.4 Å². The summed E-state index contributed by atoms with van der Waals surface area (Å²) in [6.45, 7) is 21.0. The number of fused-ring (bicyclic) bond motifs is 2. The molecule has 520 valence electrons. The van der Waals surface area contributed by atoms with Crippen LogP contribution in [0.25, 0.3) is 0 Å². The van der Waals surface area contributed by atoms with Crippen LogP contribution in [-0.4, -0.2) is 204 Å². The summed E-state index contributed by atoms with van der Waals surface area (Å²) < 4.78 is 24.1. The van der Waals surface area contributed by atoms with E-state index in [2.05, 4.69) is 43.2 Å². The van der Waals surface area contributed by atoms with Crippen LogP contribution in [0.3, 0.4) is 0 Å². The molecular weight excluding hydrogens is 1200 g/mol. The van der Waals surface area contributed by atoms with Gasteiger partial charge >= 0.3 is 12.2 Å². The molecule has 22 heteroatoms. The third-order valence-electron chi connectivity index (χ3n) is 20.7. The standard InChI is InChI=1S/C72H110N10O12/c1-47(77(9)69(89)93-71(3,4)5)63(83)75-61(49-23-13-11-14-24-49)67(87)81-37-21-33-57(81)65(85)73-55-31-17-29-53-51(55)27-19-35-59(53)91-45-43-79-39-41-80(42-40-79)44-46-92-60-36-20-28-52-54(60)30-18-32-56(52)74-66(86)58-34-22-38-82(58)68(88)62(50-25-15-12-16-26-50)76-64(84)48(2)78(10)70(90)94-72(6,7)8/h19-20,27-28,35-36,47-50,55-58,61-62H,11-18,21-26,29-34,37-46H2,1-10H3,(H,73,85)(H,74,86)(H,75,83)(H,76,84)/t47-,48-,55+,56+,57-,58-,61-,62-/m0/s1. The highest BCUT2D eigenvalue weighted by molar-refractivity contribution is 5.96.